The van der Waals surface area contributed by atoms with Crippen LogP contribution in [0.4, 0.5) is 17.1 Å². The molecule has 4 saturated carbocycles. The van der Waals surface area contributed by atoms with Crippen molar-refractivity contribution in [2.24, 2.45) is 17.8 Å². The van der Waals surface area contributed by atoms with Gasteiger partial charge in [-0.1, -0.05) is 117 Å². The van der Waals surface area contributed by atoms with Gasteiger partial charge < -0.3 is 4.90 Å². The zero-order valence-electron chi connectivity index (χ0n) is 28.1. The normalized spacial score (nSPS) is 24.4. The lowest BCUT2D eigenvalue weighted by Gasteiger charge is -2.57. The van der Waals surface area contributed by atoms with Gasteiger partial charge in [0.2, 0.25) is 0 Å². The van der Waals surface area contributed by atoms with Crippen molar-refractivity contribution in [3.05, 3.63) is 150 Å². The molecule has 0 aromatic heterocycles. The fraction of sp³-hybridized carbons (Fsp3) is 0.277. The Kier molecular flexibility index (Phi) is 6.18. The highest BCUT2D eigenvalue weighted by atomic mass is 15.1. The maximum absolute atomic E-state index is 2.53. The minimum atomic E-state index is -0.0644. The van der Waals surface area contributed by atoms with Crippen LogP contribution in [0.1, 0.15) is 69.1 Å². The van der Waals surface area contributed by atoms with E-state index in [1.807, 2.05) is 0 Å². The van der Waals surface area contributed by atoms with Crippen LogP contribution in [-0.2, 0) is 10.8 Å². The van der Waals surface area contributed by atoms with Crippen LogP contribution < -0.4 is 4.90 Å². The summed E-state index contributed by atoms with van der Waals surface area (Å²) in [5, 5.41) is 2.56. The minimum absolute atomic E-state index is 0.0644. The third kappa shape index (κ3) is 4.22. The van der Waals surface area contributed by atoms with Crippen LogP contribution >= 0.6 is 0 Å². The third-order valence-corrected chi connectivity index (χ3v) is 12.8. The van der Waals surface area contributed by atoms with Crippen molar-refractivity contribution in [3.63, 3.8) is 0 Å². The van der Waals surface area contributed by atoms with Gasteiger partial charge in [0.1, 0.15) is 0 Å². The molecule has 0 atom stereocenters. The van der Waals surface area contributed by atoms with Crippen molar-refractivity contribution in [1.29, 1.82) is 0 Å². The van der Waals surface area contributed by atoms with Crippen LogP contribution in [0.25, 0.3) is 33.0 Å². The standard InChI is InChI=1S/C47H43N/c1-46(2)43-16-7-5-13-40(43)41-23-22-37(27-44(41)46)48(45-17-8-6-14-42(45)39-15-9-11-34-10-3-4-12-38(34)39)36-20-18-35(19-21-36)47-28-31-24-32(29-47)26-33(25-31)30-47/h3-23,27,31-33H,24-26,28-30H2,1-2H3. The highest BCUT2D eigenvalue weighted by Crippen LogP contribution is 2.61. The average molecular weight is 622 g/mol. The van der Waals surface area contributed by atoms with Crippen molar-refractivity contribution in [3.8, 4) is 22.3 Å². The molecule has 5 aliphatic carbocycles. The molecular weight excluding hydrogens is 579 g/mol. The van der Waals surface area contributed by atoms with Crippen molar-refractivity contribution < 1.29 is 0 Å². The zero-order valence-corrected chi connectivity index (χ0v) is 28.1. The molecular formula is C47H43N. The quantitative estimate of drug-likeness (QED) is 0.185. The Morgan fingerprint density at radius 3 is 1.85 bits per heavy atom. The smallest absolute Gasteiger partial charge is 0.0540 e. The molecule has 0 unspecified atom stereocenters. The second-order valence-electron chi connectivity index (χ2n) is 16.0. The number of hydrogen-bond donors (Lipinski definition) is 0. The number of hydrogen-bond acceptors (Lipinski definition) is 1. The van der Waals surface area contributed by atoms with E-state index >= 15 is 0 Å². The van der Waals surface area contributed by atoms with Crippen molar-refractivity contribution in [2.45, 2.75) is 63.2 Å². The number of anilines is 3. The topological polar surface area (TPSA) is 3.24 Å². The summed E-state index contributed by atoms with van der Waals surface area (Å²) in [6, 6.07) is 50.6. The van der Waals surface area contributed by atoms with Gasteiger partial charge in [-0.15, -0.1) is 0 Å². The first-order valence-corrected chi connectivity index (χ1v) is 18.2. The average Bonchev–Trinajstić information content (AvgIpc) is 3.34. The third-order valence-electron chi connectivity index (χ3n) is 12.8. The van der Waals surface area contributed by atoms with Gasteiger partial charge in [-0.2, -0.15) is 0 Å². The molecule has 4 fully saturated rings. The highest BCUT2D eigenvalue weighted by molar-refractivity contribution is 6.01. The molecule has 0 amide bonds. The van der Waals surface area contributed by atoms with Crippen LogP contribution in [0.15, 0.2) is 133 Å². The Morgan fingerprint density at radius 1 is 0.500 bits per heavy atom. The fourth-order valence-corrected chi connectivity index (χ4v) is 11.0. The lowest BCUT2D eigenvalue weighted by molar-refractivity contribution is -0.00518. The van der Waals surface area contributed by atoms with Crippen LogP contribution in [0.5, 0.6) is 0 Å². The van der Waals surface area contributed by atoms with Crippen molar-refractivity contribution >= 4 is 27.8 Å². The van der Waals surface area contributed by atoms with Crippen LogP contribution in [0.2, 0.25) is 0 Å². The van der Waals surface area contributed by atoms with E-state index in [1.165, 1.54) is 99.7 Å². The summed E-state index contributed by atoms with van der Waals surface area (Å²) >= 11 is 0. The molecule has 236 valence electrons. The van der Waals surface area contributed by atoms with Crippen LogP contribution in [-0.4, -0.2) is 0 Å². The lowest BCUT2D eigenvalue weighted by Crippen LogP contribution is -2.48. The predicted octanol–water partition coefficient (Wildman–Crippen LogP) is 12.8. The second-order valence-corrected chi connectivity index (χ2v) is 16.0. The lowest BCUT2D eigenvalue weighted by atomic mass is 9.48. The van der Waals surface area contributed by atoms with Gasteiger partial charge >= 0.3 is 0 Å². The van der Waals surface area contributed by atoms with Crippen LogP contribution in [0.3, 0.4) is 0 Å². The molecule has 0 saturated heterocycles. The van der Waals surface area contributed by atoms with Gasteiger partial charge in [0.05, 0.1) is 5.69 Å². The summed E-state index contributed by atoms with van der Waals surface area (Å²) in [5.41, 5.74) is 13.6. The summed E-state index contributed by atoms with van der Waals surface area (Å²) in [6.07, 6.45) is 8.63. The highest BCUT2D eigenvalue weighted by Gasteiger charge is 2.51. The molecule has 0 radical (unpaired) electrons. The molecule has 0 spiro atoms. The molecule has 1 nitrogen and oxygen atoms in total. The zero-order chi connectivity index (χ0) is 32.0. The van der Waals surface area contributed by atoms with E-state index in [4.69, 9.17) is 0 Å². The van der Waals surface area contributed by atoms with E-state index in [2.05, 4.69) is 152 Å². The summed E-state index contributed by atoms with van der Waals surface area (Å²) in [5.74, 6) is 2.83. The first kappa shape index (κ1) is 28.4. The van der Waals surface area contributed by atoms with E-state index in [9.17, 15) is 0 Å². The maximum Gasteiger partial charge on any atom is 0.0540 e. The minimum Gasteiger partial charge on any atom is -0.310 e. The SMILES string of the molecule is CC1(C)c2ccccc2-c2ccc(N(c3ccc(C45CC6CC(CC(C6)C4)C5)cc3)c3ccccc3-c3cccc4ccccc34)cc21. The Hall–Kier alpha value is -4.62. The fourth-order valence-electron chi connectivity index (χ4n) is 11.0. The molecule has 4 bridgehead atoms. The number of nitrogens with zero attached hydrogens (tertiary/aromatic N) is 1. The van der Waals surface area contributed by atoms with Crippen molar-refractivity contribution in [2.75, 3.05) is 4.90 Å². The van der Waals surface area contributed by atoms with E-state index in [1.54, 1.807) is 5.56 Å². The van der Waals surface area contributed by atoms with Gasteiger partial charge in [-0.05, 0) is 136 Å². The van der Waals surface area contributed by atoms with E-state index in [-0.39, 0.29) is 5.41 Å². The Bertz CT molecular complexity index is 2160. The first-order chi connectivity index (χ1) is 23.5. The number of rotatable bonds is 5. The Morgan fingerprint density at radius 2 is 1.08 bits per heavy atom. The van der Waals surface area contributed by atoms with Gasteiger partial charge in [0.15, 0.2) is 0 Å². The first-order valence-electron chi connectivity index (χ1n) is 18.2. The largest absolute Gasteiger partial charge is 0.310 e. The number of para-hydroxylation sites is 1. The monoisotopic (exact) mass is 621 g/mol. The van der Waals surface area contributed by atoms with Gasteiger partial charge in [-0.25, -0.2) is 0 Å². The molecule has 11 rings (SSSR count). The summed E-state index contributed by atoms with van der Waals surface area (Å²) in [6.45, 7) is 4.77. The predicted molar refractivity (Wildman–Crippen MR) is 201 cm³/mol. The second kappa shape index (κ2) is 10.4. The Labute approximate surface area is 285 Å². The number of fused-ring (bicyclic) bond motifs is 4. The Balaban J connectivity index is 1.14. The maximum atomic E-state index is 2.53. The van der Waals surface area contributed by atoms with Crippen molar-refractivity contribution in [1.82, 2.24) is 0 Å². The van der Waals surface area contributed by atoms with E-state index in [0.717, 1.165) is 17.8 Å². The van der Waals surface area contributed by atoms with Gasteiger partial charge in [-0.3, -0.25) is 0 Å². The van der Waals surface area contributed by atoms with E-state index in [0.29, 0.717) is 5.41 Å². The summed E-state index contributed by atoms with van der Waals surface area (Å²) in [4.78, 5) is 2.53. The molecule has 0 heterocycles. The molecule has 6 aromatic carbocycles. The van der Waals surface area contributed by atoms with Gasteiger partial charge in [0, 0.05) is 22.4 Å². The molecule has 6 aromatic rings. The summed E-state index contributed by atoms with van der Waals surface area (Å²) < 4.78 is 0. The van der Waals surface area contributed by atoms with Gasteiger partial charge in [0.25, 0.3) is 0 Å². The summed E-state index contributed by atoms with van der Waals surface area (Å²) in [7, 11) is 0. The molecule has 1 heteroatoms. The molecule has 0 N–H and O–H groups in total. The van der Waals surface area contributed by atoms with E-state index < -0.39 is 0 Å². The molecule has 0 aliphatic heterocycles. The molecule has 5 aliphatic rings. The molecule has 48 heavy (non-hydrogen) atoms. The van der Waals surface area contributed by atoms with Crippen LogP contribution in [0, 0.1) is 17.8 Å². The number of benzene rings is 6.